The zero-order valence-electron chi connectivity index (χ0n) is 13.9. The molecule has 0 fully saturated rings. The van der Waals surface area contributed by atoms with E-state index in [0.29, 0.717) is 6.54 Å². The van der Waals surface area contributed by atoms with Crippen molar-refractivity contribution in [1.82, 2.24) is 5.32 Å². The molecule has 0 aromatic heterocycles. The number of urea groups is 1. The minimum Gasteiger partial charge on any atom is -0.314 e. The predicted molar refractivity (Wildman–Crippen MR) is 103 cm³/mol. The van der Waals surface area contributed by atoms with Gasteiger partial charge in [0.15, 0.2) is 0 Å². The fourth-order valence-electron chi connectivity index (χ4n) is 2.51. The molecule has 0 unspecified atom stereocenters. The highest BCUT2D eigenvalue weighted by Crippen LogP contribution is 2.17. The molecule has 2 amide bonds. The average Bonchev–Trinajstić information content (AvgIpc) is 2.68. The molecule has 3 heteroatoms. The normalized spacial score (nSPS) is 10.6. The fourth-order valence-corrected chi connectivity index (χ4v) is 2.51. The number of carbonyl (C=O) groups excluding carboxylic acids is 1. The van der Waals surface area contributed by atoms with Crippen LogP contribution < -0.4 is 10.2 Å². The van der Waals surface area contributed by atoms with E-state index in [-0.39, 0.29) is 6.03 Å². The molecule has 1 N–H and O–H groups in total. The second-order valence-corrected chi connectivity index (χ2v) is 5.60. The first-order valence-electron chi connectivity index (χ1n) is 8.21. The zero-order valence-corrected chi connectivity index (χ0v) is 13.9. The van der Waals surface area contributed by atoms with Crippen molar-refractivity contribution >= 4 is 17.8 Å². The smallest absolute Gasteiger partial charge is 0.314 e. The van der Waals surface area contributed by atoms with Crippen LogP contribution in [0.5, 0.6) is 0 Å². The third-order valence-electron chi connectivity index (χ3n) is 3.78. The number of hydrogen-bond donors (Lipinski definition) is 1. The molecule has 0 aliphatic heterocycles. The number of amides is 2. The Bertz CT molecular complexity index is 814. The van der Waals surface area contributed by atoms with Crippen molar-refractivity contribution in [3.8, 4) is 0 Å². The van der Waals surface area contributed by atoms with Crippen LogP contribution in [-0.2, 0) is 6.54 Å². The van der Waals surface area contributed by atoms with Crippen LogP contribution >= 0.6 is 0 Å². The lowest BCUT2D eigenvalue weighted by Crippen LogP contribution is -2.37. The number of anilines is 1. The summed E-state index contributed by atoms with van der Waals surface area (Å²) >= 11 is 0. The highest BCUT2D eigenvalue weighted by Gasteiger charge is 2.14. The number of carbonyl (C=O) groups is 1. The van der Waals surface area contributed by atoms with Crippen LogP contribution in [0.4, 0.5) is 10.5 Å². The minimum absolute atomic E-state index is 0.165. The van der Waals surface area contributed by atoms with E-state index in [9.17, 15) is 4.79 Å². The van der Waals surface area contributed by atoms with Gasteiger partial charge in [-0.15, -0.1) is 0 Å². The molecule has 3 aromatic rings. The summed E-state index contributed by atoms with van der Waals surface area (Å²) < 4.78 is 0. The summed E-state index contributed by atoms with van der Waals surface area (Å²) in [5.74, 6) is 0. The number of nitrogens with one attached hydrogen (secondary N) is 1. The van der Waals surface area contributed by atoms with Gasteiger partial charge in [0.1, 0.15) is 0 Å². The molecule has 0 radical (unpaired) electrons. The summed E-state index contributed by atoms with van der Waals surface area (Å²) in [5.41, 5.74) is 2.97. The molecule has 3 nitrogen and oxygen atoms in total. The Kier molecular flexibility index (Phi) is 5.62. The van der Waals surface area contributed by atoms with Crippen molar-refractivity contribution in [2.24, 2.45) is 0 Å². The zero-order chi connectivity index (χ0) is 17.3. The Balaban J connectivity index is 1.74. The van der Waals surface area contributed by atoms with Crippen molar-refractivity contribution in [2.45, 2.75) is 6.54 Å². The van der Waals surface area contributed by atoms with E-state index in [1.54, 1.807) is 11.1 Å². The lowest BCUT2D eigenvalue weighted by atomic mass is 10.2. The second-order valence-electron chi connectivity index (χ2n) is 5.60. The number of benzene rings is 3. The van der Waals surface area contributed by atoms with Gasteiger partial charge < -0.3 is 5.32 Å². The molecular weight excluding hydrogens is 308 g/mol. The largest absolute Gasteiger partial charge is 0.326 e. The van der Waals surface area contributed by atoms with Crippen LogP contribution in [0.3, 0.4) is 0 Å². The first-order chi connectivity index (χ1) is 12.3. The quantitative estimate of drug-likeness (QED) is 0.696. The summed E-state index contributed by atoms with van der Waals surface area (Å²) in [6.07, 6.45) is 3.56. The summed E-state index contributed by atoms with van der Waals surface area (Å²) in [5, 5.41) is 2.86. The van der Waals surface area contributed by atoms with E-state index in [0.717, 1.165) is 16.8 Å². The van der Waals surface area contributed by atoms with Gasteiger partial charge in [-0.1, -0.05) is 78.9 Å². The van der Waals surface area contributed by atoms with E-state index in [1.807, 2.05) is 97.1 Å². The Morgan fingerprint density at radius 1 is 0.800 bits per heavy atom. The molecule has 0 spiro atoms. The van der Waals surface area contributed by atoms with Gasteiger partial charge in [-0.3, -0.25) is 4.90 Å². The van der Waals surface area contributed by atoms with Crippen LogP contribution in [0.15, 0.2) is 97.2 Å². The van der Waals surface area contributed by atoms with Gasteiger partial charge in [0.2, 0.25) is 0 Å². The maximum absolute atomic E-state index is 12.7. The SMILES string of the molecule is O=C(N/C=C/c1ccccc1)N(Cc1ccccc1)c1ccccc1. The van der Waals surface area contributed by atoms with Crippen molar-refractivity contribution in [1.29, 1.82) is 0 Å². The molecule has 0 heterocycles. The van der Waals surface area contributed by atoms with Gasteiger partial charge in [0.05, 0.1) is 6.54 Å². The molecular formula is C22H20N2O. The van der Waals surface area contributed by atoms with Gasteiger partial charge in [0, 0.05) is 11.9 Å². The minimum atomic E-state index is -0.165. The molecule has 0 saturated heterocycles. The van der Waals surface area contributed by atoms with E-state index in [1.165, 1.54) is 0 Å². The van der Waals surface area contributed by atoms with Crippen molar-refractivity contribution in [2.75, 3.05) is 4.90 Å². The van der Waals surface area contributed by atoms with Crippen LogP contribution in [0.2, 0.25) is 0 Å². The average molecular weight is 328 g/mol. The van der Waals surface area contributed by atoms with E-state index < -0.39 is 0 Å². The highest BCUT2D eigenvalue weighted by molar-refractivity contribution is 5.92. The van der Waals surface area contributed by atoms with E-state index >= 15 is 0 Å². The van der Waals surface area contributed by atoms with Crippen LogP contribution in [0, 0.1) is 0 Å². The predicted octanol–water partition coefficient (Wildman–Crippen LogP) is 5.07. The maximum atomic E-state index is 12.7. The Morgan fingerprint density at radius 3 is 2.00 bits per heavy atom. The molecule has 0 aliphatic rings. The van der Waals surface area contributed by atoms with Gasteiger partial charge in [-0.25, -0.2) is 4.79 Å². The topological polar surface area (TPSA) is 32.3 Å². The van der Waals surface area contributed by atoms with Crippen LogP contribution in [0.1, 0.15) is 11.1 Å². The Morgan fingerprint density at radius 2 is 1.36 bits per heavy atom. The lowest BCUT2D eigenvalue weighted by Gasteiger charge is -2.22. The number of para-hydroxylation sites is 1. The van der Waals surface area contributed by atoms with Crippen LogP contribution in [-0.4, -0.2) is 6.03 Å². The molecule has 0 bridgehead atoms. The molecule has 0 saturated carbocycles. The summed E-state index contributed by atoms with van der Waals surface area (Å²) in [4.78, 5) is 14.4. The standard InChI is InChI=1S/C22H20N2O/c25-22(23-17-16-19-10-4-1-5-11-19)24(21-14-8-3-9-15-21)18-20-12-6-2-7-13-20/h1-17H,18H2,(H,23,25)/b17-16+. The van der Waals surface area contributed by atoms with Crippen molar-refractivity contribution < 1.29 is 4.79 Å². The molecule has 3 rings (SSSR count). The summed E-state index contributed by atoms with van der Waals surface area (Å²) in [6, 6.07) is 29.3. The van der Waals surface area contributed by atoms with Crippen molar-refractivity contribution in [3.05, 3.63) is 108 Å². The number of hydrogen-bond acceptors (Lipinski definition) is 1. The molecule has 25 heavy (non-hydrogen) atoms. The summed E-state index contributed by atoms with van der Waals surface area (Å²) in [7, 11) is 0. The molecule has 0 aliphatic carbocycles. The fraction of sp³-hybridized carbons (Fsp3) is 0.0455. The third-order valence-corrected chi connectivity index (χ3v) is 3.78. The molecule has 124 valence electrons. The van der Waals surface area contributed by atoms with E-state index in [4.69, 9.17) is 0 Å². The van der Waals surface area contributed by atoms with Gasteiger partial charge in [-0.2, -0.15) is 0 Å². The first kappa shape index (κ1) is 16.5. The second kappa shape index (κ2) is 8.50. The molecule has 0 atom stereocenters. The number of nitrogens with zero attached hydrogens (tertiary/aromatic N) is 1. The van der Waals surface area contributed by atoms with Gasteiger partial charge >= 0.3 is 6.03 Å². The Labute approximate surface area is 148 Å². The maximum Gasteiger partial charge on any atom is 0.326 e. The Hall–Kier alpha value is -3.33. The molecule has 3 aromatic carbocycles. The lowest BCUT2D eigenvalue weighted by molar-refractivity contribution is 0.249. The van der Waals surface area contributed by atoms with E-state index in [2.05, 4.69) is 5.32 Å². The summed E-state index contributed by atoms with van der Waals surface area (Å²) in [6.45, 7) is 0.510. The van der Waals surface area contributed by atoms with Gasteiger partial charge in [0.25, 0.3) is 0 Å². The third kappa shape index (κ3) is 4.82. The van der Waals surface area contributed by atoms with Gasteiger partial charge in [-0.05, 0) is 29.3 Å². The first-order valence-corrected chi connectivity index (χ1v) is 8.21. The van der Waals surface area contributed by atoms with Crippen molar-refractivity contribution in [3.63, 3.8) is 0 Å². The highest BCUT2D eigenvalue weighted by atomic mass is 16.2. The number of rotatable bonds is 5. The monoisotopic (exact) mass is 328 g/mol. The van der Waals surface area contributed by atoms with Crippen LogP contribution in [0.25, 0.3) is 6.08 Å².